The fourth-order valence-electron chi connectivity index (χ4n) is 1.68. The molecule has 2 N–H and O–H groups in total. The second-order valence-electron chi connectivity index (χ2n) is 4.59. The van der Waals surface area contributed by atoms with Crippen molar-refractivity contribution in [2.45, 2.75) is 33.6 Å². The van der Waals surface area contributed by atoms with Crippen LogP contribution in [-0.4, -0.2) is 23.6 Å². The molecule has 1 rings (SSSR count). The molecule has 1 heterocycles. The molecule has 0 spiro atoms. The zero-order valence-electron chi connectivity index (χ0n) is 10.7. The zero-order valence-corrected chi connectivity index (χ0v) is 10.7. The molecule has 0 atom stereocenters. The van der Waals surface area contributed by atoms with Crippen LogP contribution in [-0.2, 0) is 6.42 Å². The minimum Gasteiger partial charge on any atom is -0.384 e. The van der Waals surface area contributed by atoms with E-state index in [1.807, 2.05) is 13.1 Å². The maximum atomic E-state index is 5.78. The van der Waals surface area contributed by atoms with Crippen molar-refractivity contribution < 1.29 is 0 Å². The number of anilines is 2. The molecule has 0 unspecified atom stereocenters. The van der Waals surface area contributed by atoms with Crippen molar-refractivity contribution in [1.29, 1.82) is 0 Å². The molecule has 1 aromatic heterocycles. The SMILES string of the molecule is CCCc1nc(N)cc(N(C)CC(C)C)n1. The second-order valence-corrected chi connectivity index (χ2v) is 4.59. The van der Waals surface area contributed by atoms with Crippen molar-refractivity contribution in [2.24, 2.45) is 5.92 Å². The fraction of sp³-hybridized carbons (Fsp3) is 0.667. The van der Waals surface area contributed by atoms with Gasteiger partial charge in [0.05, 0.1) is 0 Å². The van der Waals surface area contributed by atoms with Gasteiger partial charge in [0.1, 0.15) is 17.5 Å². The molecule has 0 aliphatic carbocycles. The molecular formula is C12H22N4. The standard InChI is InChI=1S/C12H22N4/c1-5-6-11-14-10(13)7-12(15-11)16(4)8-9(2)3/h7,9H,5-6,8H2,1-4H3,(H2,13,14,15). The highest BCUT2D eigenvalue weighted by atomic mass is 15.2. The number of nitrogens with zero attached hydrogens (tertiary/aromatic N) is 3. The summed E-state index contributed by atoms with van der Waals surface area (Å²) >= 11 is 0. The smallest absolute Gasteiger partial charge is 0.134 e. The third-order valence-electron chi connectivity index (χ3n) is 2.28. The summed E-state index contributed by atoms with van der Waals surface area (Å²) in [6, 6.07) is 1.83. The summed E-state index contributed by atoms with van der Waals surface area (Å²) in [6.07, 6.45) is 1.92. The van der Waals surface area contributed by atoms with Gasteiger partial charge < -0.3 is 10.6 Å². The summed E-state index contributed by atoms with van der Waals surface area (Å²) in [4.78, 5) is 10.9. The lowest BCUT2D eigenvalue weighted by atomic mass is 10.2. The van der Waals surface area contributed by atoms with Crippen LogP contribution in [0.15, 0.2) is 6.07 Å². The number of aryl methyl sites for hydroxylation is 1. The molecule has 0 saturated heterocycles. The van der Waals surface area contributed by atoms with Gasteiger partial charge in [0.2, 0.25) is 0 Å². The monoisotopic (exact) mass is 222 g/mol. The number of hydrogen-bond acceptors (Lipinski definition) is 4. The molecular weight excluding hydrogens is 200 g/mol. The molecule has 0 fully saturated rings. The highest BCUT2D eigenvalue weighted by molar-refractivity contribution is 5.46. The molecule has 16 heavy (non-hydrogen) atoms. The van der Waals surface area contributed by atoms with E-state index in [4.69, 9.17) is 5.73 Å². The second kappa shape index (κ2) is 5.68. The minimum absolute atomic E-state index is 0.559. The van der Waals surface area contributed by atoms with Gasteiger partial charge in [-0.2, -0.15) is 0 Å². The Morgan fingerprint density at radius 2 is 2.06 bits per heavy atom. The van der Waals surface area contributed by atoms with Gasteiger partial charge in [-0.3, -0.25) is 0 Å². The van der Waals surface area contributed by atoms with Crippen LogP contribution in [0.1, 0.15) is 33.0 Å². The number of nitrogen functional groups attached to an aromatic ring is 1. The summed E-state index contributed by atoms with van der Waals surface area (Å²) in [6.45, 7) is 7.47. The van der Waals surface area contributed by atoms with Gasteiger partial charge >= 0.3 is 0 Å². The lowest BCUT2D eigenvalue weighted by molar-refractivity contribution is 0.633. The average Bonchev–Trinajstić information content (AvgIpc) is 2.16. The molecule has 90 valence electrons. The first kappa shape index (κ1) is 12.7. The Hall–Kier alpha value is -1.32. The number of aromatic nitrogens is 2. The Morgan fingerprint density at radius 3 is 2.62 bits per heavy atom. The van der Waals surface area contributed by atoms with Gasteiger partial charge in [-0.05, 0) is 12.3 Å². The summed E-state index contributed by atoms with van der Waals surface area (Å²) in [7, 11) is 2.04. The lowest BCUT2D eigenvalue weighted by Crippen LogP contribution is -2.24. The summed E-state index contributed by atoms with van der Waals surface area (Å²) < 4.78 is 0. The molecule has 0 bridgehead atoms. The van der Waals surface area contributed by atoms with E-state index in [0.717, 1.165) is 31.0 Å². The van der Waals surface area contributed by atoms with Crippen LogP contribution in [0.25, 0.3) is 0 Å². The van der Waals surface area contributed by atoms with Crippen LogP contribution in [0.3, 0.4) is 0 Å². The van der Waals surface area contributed by atoms with Crippen molar-refractivity contribution >= 4 is 11.6 Å². The molecule has 0 radical (unpaired) electrons. The van der Waals surface area contributed by atoms with Gasteiger partial charge in [0, 0.05) is 26.1 Å². The van der Waals surface area contributed by atoms with E-state index < -0.39 is 0 Å². The van der Waals surface area contributed by atoms with Crippen LogP contribution in [0.4, 0.5) is 11.6 Å². The topological polar surface area (TPSA) is 55.0 Å². The van der Waals surface area contributed by atoms with Gasteiger partial charge in [-0.25, -0.2) is 9.97 Å². The van der Waals surface area contributed by atoms with E-state index in [1.165, 1.54) is 0 Å². The third kappa shape index (κ3) is 3.68. The Kier molecular flexibility index (Phi) is 4.52. The fourth-order valence-corrected chi connectivity index (χ4v) is 1.68. The van der Waals surface area contributed by atoms with Crippen molar-refractivity contribution in [3.05, 3.63) is 11.9 Å². The van der Waals surface area contributed by atoms with Crippen molar-refractivity contribution in [2.75, 3.05) is 24.2 Å². The van der Waals surface area contributed by atoms with Gasteiger partial charge in [0.25, 0.3) is 0 Å². The Morgan fingerprint density at radius 1 is 1.38 bits per heavy atom. The van der Waals surface area contributed by atoms with E-state index in [2.05, 4.69) is 35.6 Å². The van der Waals surface area contributed by atoms with Gasteiger partial charge in [0.15, 0.2) is 0 Å². The maximum Gasteiger partial charge on any atom is 0.134 e. The van der Waals surface area contributed by atoms with Crippen LogP contribution < -0.4 is 10.6 Å². The van der Waals surface area contributed by atoms with Crippen molar-refractivity contribution in [3.8, 4) is 0 Å². The Bertz CT molecular complexity index is 336. The lowest BCUT2D eigenvalue weighted by Gasteiger charge is -2.21. The quantitative estimate of drug-likeness (QED) is 0.829. The van der Waals surface area contributed by atoms with Crippen LogP contribution in [0.2, 0.25) is 0 Å². The average molecular weight is 222 g/mol. The first-order chi connectivity index (χ1) is 7.52. The molecule has 0 aliphatic heterocycles. The van der Waals surface area contributed by atoms with E-state index in [1.54, 1.807) is 0 Å². The predicted molar refractivity (Wildman–Crippen MR) is 68.5 cm³/mol. The highest BCUT2D eigenvalue weighted by Gasteiger charge is 2.08. The van der Waals surface area contributed by atoms with Crippen molar-refractivity contribution in [1.82, 2.24) is 9.97 Å². The molecule has 4 nitrogen and oxygen atoms in total. The van der Waals surface area contributed by atoms with Gasteiger partial charge in [-0.1, -0.05) is 20.8 Å². The molecule has 4 heteroatoms. The predicted octanol–water partition coefficient (Wildman–Crippen LogP) is 2.10. The third-order valence-corrected chi connectivity index (χ3v) is 2.28. The summed E-state index contributed by atoms with van der Waals surface area (Å²) in [5, 5.41) is 0. The van der Waals surface area contributed by atoms with Crippen LogP contribution >= 0.6 is 0 Å². The molecule has 0 aliphatic rings. The minimum atomic E-state index is 0.559. The van der Waals surface area contributed by atoms with E-state index >= 15 is 0 Å². The zero-order chi connectivity index (χ0) is 12.1. The maximum absolute atomic E-state index is 5.78. The number of rotatable bonds is 5. The summed E-state index contributed by atoms with van der Waals surface area (Å²) in [5.74, 6) is 2.93. The Balaban J connectivity index is 2.86. The Labute approximate surface area is 97.9 Å². The van der Waals surface area contributed by atoms with E-state index in [-0.39, 0.29) is 0 Å². The molecule has 0 saturated carbocycles. The number of hydrogen-bond donors (Lipinski definition) is 1. The van der Waals surface area contributed by atoms with Crippen LogP contribution in [0.5, 0.6) is 0 Å². The van der Waals surface area contributed by atoms with Crippen molar-refractivity contribution in [3.63, 3.8) is 0 Å². The van der Waals surface area contributed by atoms with E-state index in [9.17, 15) is 0 Å². The normalized spacial score (nSPS) is 10.8. The van der Waals surface area contributed by atoms with Gasteiger partial charge in [-0.15, -0.1) is 0 Å². The first-order valence-electron chi connectivity index (χ1n) is 5.87. The molecule has 0 aromatic carbocycles. The van der Waals surface area contributed by atoms with E-state index in [0.29, 0.717) is 11.7 Å². The molecule has 0 amide bonds. The first-order valence-corrected chi connectivity index (χ1v) is 5.87. The number of nitrogens with two attached hydrogens (primary N) is 1. The highest BCUT2D eigenvalue weighted by Crippen LogP contribution is 2.14. The van der Waals surface area contributed by atoms with Crippen LogP contribution in [0, 0.1) is 5.92 Å². The largest absolute Gasteiger partial charge is 0.384 e. The molecule has 1 aromatic rings. The summed E-state index contributed by atoms with van der Waals surface area (Å²) in [5.41, 5.74) is 5.78.